The minimum atomic E-state index is -0.413. The van der Waals surface area contributed by atoms with Crippen LogP contribution in [0.3, 0.4) is 0 Å². The summed E-state index contributed by atoms with van der Waals surface area (Å²) < 4.78 is 14.7. The lowest BCUT2D eigenvalue weighted by atomic mass is 10.0. The van der Waals surface area contributed by atoms with Gasteiger partial charge in [0.05, 0.1) is 5.69 Å². The van der Waals surface area contributed by atoms with Gasteiger partial charge in [-0.1, -0.05) is 24.3 Å². The first kappa shape index (κ1) is 12.3. The van der Waals surface area contributed by atoms with Crippen LogP contribution < -0.4 is 5.73 Å². The molecule has 3 rings (SSSR count). The molecule has 2 aromatic heterocycles. The van der Waals surface area contributed by atoms with Crippen molar-refractivity contribution in [3.05, 3.63) is 66.7 Å². The molecule has 0 amide bonds. The normalized spacial score (nSPS) is 10.4. The number of pyridine rings is 2. The third-order valence-electron chi connectivity index (χ3n) is 3.05. The number of rotatable bonds is 2. The number of benzene rings is 1. The number of nitrogen functional groups attached to an aromatic ring is 1. The molecule has 0 bridgehead atoms. The third-order valence-corrected chi connectivity index (χ3v) is 3.05. The van der Waals surface area contributed by atoms with Gasteiger partial charge in [0.2, 0.25) is 0 Å². The van der Waals surface area contributed by atoms with Gasteiger partial charge in [-0.15, -0.1) is 0 Å². The van der Waals surface area contributed by atoms with Crippen molar-refractivity contribution in [1.29, 1.82) is 0 Å². The summed E-state index contributed by atoms with van der Waals surface area (Å²) in [5.74, 6) is -0.413. The fourth-order valence-corrected chi connectivity index (χ4v) is 2.06. The van der Waals surface area contributed by atoms with Gasteiger partial charge >= 0.3 is 0 Å². The zero-order valence-corrected chi connectivity index (χ0v) is 10.6. The number of hydrogen-bond donors (Lipinski definition) is 1. The van der Waals surface area contributed by atoms with E-state index in [0.717, 1.165) is 0 Å². The second-order valence-corrected chi connectivity index (χ2v) is 4.32. The van der Waals surface area contributed by atoms with Crippen molar-refractivity contribution in [2.24, 2.45) is 0 Å². The third kappa shape index (κ3) is 2.12. The van der Waals surface area contributed by atoms with E-state index in [1.54, 1.807) is 54.9 Å². The predicted molar refractivity (Wildman–Crippen MR) is 77.3 cm³/mol. The second kappa shape index (κ2) is 5.09. The van der Waals surface area contributed by atoms with Crippen molar-refractivity contribution in [2.75, 3.05) is 5.73 Å². The molecule has 0 aliphatic heterocycles. The Labute approximate surface area is 115 Å². The molecule has 0 saturated heterocycles. The maximum Gasteiger partial charge on any atom is 0.158 e. The Morgan fingerprint density at radius 1 is 0.800 bits per heavy atom. The van der Waals surface area contributed by atoms with Crippen molar-refractivity contribution >= 4 is 5.69 Å². The average Bonchev–Trinajstić information content (AvgIpc) is 2.49. The summed E-state index contributed by atoms with van der Waals surface area (Å²) in [5, 5.41) is 0. The zero-order chi connectivity index (χ0) is 13.9. The van der Waals surface area contributed by atoms with Crippen molar-refractivity contribution in [1.82, 2.24) is 9.97 Å². The summed E-state index contributed by atoms with van der Waals surface area (Å²) in [7, 11) is 0. The Morgan fingerprint density at radius 2 is 1.60 bits per heavy atom. The number of aromatic nitrogens is 2. The van der Waals surface area contributed by atoms with Crippen molar-refractivity contribution < 1.29 is 4.39 Å². The molecule has 20 heavy (non-hydrogen) atoms. The largest absolute Gasteiger partial charge is 0.398 e. The van der Waals surface area contributed by atoms with Crippen LogP contribution in [-0.2, 0) is 0 Å². The average molecular weight is 265 g/mol. The molecule has 0 spiro atoms. The van der Waals surface area contributed by atoms with E-state index in [9.17, 15) is 4.39 Å². The number of nitrogens with zero attached hydrogens (tertiary/aromatic N) is 2. The molecule has 1 aromatic carbocycles. The lowest BCUT2D eigenvalue weighted by Crippen LogP contribution is -1.97. The quantitative estimate of drug-likeness (QED) is 0.721. The van der Waals surface area contributed by atoms with Crippen molar-refractivity contribution in [2.45, 2.75) is 0 Å². The van der Waals surface area contributed by atoms with Gasteiger partial charge in [-0.05, 0) is 24.3 Å². The van der Waals surface area contributed by atoms with Crippen LogP contribution in [0.4, 0.5) is 10.1 Å². The van der Waals surface area contributed by atoms with E-state index in [-0.39, 0.29) is 5.69 Å². The minimum absolute atomic E-state index is 0.242. The van der Waals surface area contributed by atoms with E-state index in [2.05, 4.69) is 9.97 Å². The minimum Gasteiger partial charge on any atom is -0.398 e. The summed E-state index contributed by atoms with van der Waals surface area (Å²) in [6, 6.07) is 14.1. The fraction of sp³-hybridized carbons (Fsp3) is 0. The first-order valence-corrected chi connectivity index (χ1v) is 6.18. The maximum absolute atomic E-state index is 14.7. The van der Waals surface area contributed by atoms with Crippen LogP contribution in [0, 0.1) is 5.82 Å². The van der Waals surface area contributed by atoms with E-state index in [0.29, 0.717) is 22.5 Å². The van der Waals surface area contributed by atoms with Crippen molar-refractivity contribution in [3.63, 3.8) is 0 Å². The second-order valence-electron chi connectivity index (χ2n) is 4.32. The highest BCUT2D eigenvalue weighted by molar-refractivity contribution is 5.77. The summed E-state index contributed by atoms with van der Waals surface area (Å²) in [5.41, 5.74) is 8.20. The summed E-state index contributed by atoms with van der Waals surface area (Å²) >= 11 is 0. The van der Waals surface area contributed by atoms with Gasteiger partial charge in [-0.3, -0.25) is 9.97 Å². The number of halogens is 1. The molecule has 3 nitrogen and oxygen atoms in total. The molecule has 4 heteroatoms. The Hall–Kier alpha value is -2.75. The van der Waals surface area contributed by atoms with E-state index in [1.807, 2.05) is 6.07 Å². The maximum atomic E-state index is 14.7. The molecule has 2 heterocycles. The number of anilines is 1. The zero-order valence-electron chi connectivity index (χ0n) is 10.6. The van der Waals surface area contributed by atoms with Crippen LogP contribution in [-0.4, -0.2) is 9.97 Å². The first-order chi connectivity index (χ1) is 9.77. The van der Waals surface area contributed by atoms with Gasteiger partial charge in [0.15, 0.2) is 5.82 Å². The molecular formula is C16H12FN3. The van der Waals surface area contributed by atoms with Gasteiger partial charge in [-0.2, -0.15) is 0 Å². The molecule has 0 radical (unpaired) electrons. The van der Waals surface area contributed by atoms with E-state index >= 15 is 0 Å². The van der Waals surface area contributed by atoms with Gasteiger partial charge in [0.25, 0.3) is 0 Å². The van der Waals surface area contributed by atoms with E-state index in [4.69, 9.17) is 5.73 Å². The standard InChI is InChI=1S/C16H12FN3/c17-15-12(14-7-3-4-9-19-14)8-10-20-16(15)11-5-1-2-6-13(11)18/h1-10H,18H2. The highest BCUT2D eigenvalue weighted by Gasteiger charge is 2.14. The number of para-hydroxylation sites is 1. The molecule has 2 N–H and O–H groups in total. The molecule has 0 unspecified atom stereocenters. The van der Waals surface area contributed by atoms with Gasteiger partial charge < -0.3 is 5.73 Å². The number of hydrogen-bond acceptors (Lipinski definition) is 3. The van der Waals surface area contributed by atoms with Crippen molar-refractivity contribution in [3.8, 4) is 22.5 Å². The van der Waals surface area contributed by atoms with E-state index in [1.165, 1.54) is 0 Å². The topological polar surface area (TPSA) is 51.8 Å². The van der Waals surface area contributed by atoms with Gasteiger partial charge in [0.1, 0.15) is 5.69 Å². The summed E-state index contributed by atoms with van der Waals surface area (Å²) in [4.78, 5) is 8.28. The van der Waals surface area contributed by atoms with Crippen LogP contribution in [0.5, 0.6) is 0 Å². The van der Waals surface area contributed by atoms with Crippen LogP contribution in [0.15, 0.2) is 60.9 Å². The summed E-state index contributed by atoms with van der Waals surface area (Å²) in [6.07, 6.45) is 3.20. The van der Waals surface area contributed by atoms with E-state index < -0.39 is 5.82 Å². The first-order valence-electron chi connectivity index (χ1n) is 6.18. The SMILES string of the molecule is Nc1ccccc1-c1nccc(-c2ccccn2)c1F. The van der Waals surface area contributed by atoms with Crippen LogP contribution >= 0.6 is 0 Å². The Kier molecular flexibility index (Phi) is 3.13. The predicted octanol–water partition coefficient (Wildman–Crippen LogP) is 3.53. The smallest absolute Gasteiger partial charge is 0.158 e. The molecule has 0 aliphatic carbocycles. The fourth-order valence-electron chi connectivity index (χ4n) is 2.06. The van der Waals surface area contributed by atoms with Gasteiger partial charge in [-0.25, -0.2) is 4.39 Å². The summed E-state index contributed by atoms with van der Waals surface area (Å²) in [6.45, 7) is 0. The molecular weight excluding hydrogens is 253 g/mol. The Morgan fingerprint density at radius 3 is 2.35 bits per heavy atom. The molecule has 0 aliphatic rings. The van der Waals surface area contributed by atoms with Crippen LogP contribution in [0.2, 0.25) is 0 Å². The molecule has 98 valence electrons. The molecule has 0 atom stereocenters. The van der Waals surface area contributed by atoms with Gasteiger partial charge in [0, 0.05) is 29.2 Å². The Bertz CT molecular complexity index is 742. The monoisotopic (exact) mass is 265 g/mol. The Balaban J connectivity index is 2.19. The highest BCUT2D eigenvalue weighted by atomic mass is 19.1. The van der Waals surface area contributed by atoms with Crippen LogP contribution in [0.1, 0.15) is 0 Å². The number of nitrogens with two attached hydrogens (primary N) is 1. The molecule has 0 fully saturated rings. The molecule has 3 aromatic rings. The lowest BCUT2D eigenvalue weighted by molar-refractivity contribution is 0.628. The lowest BCUT2D eigenvalue weighted by Gasteiger charge is -2.09. The van der Waals surface area contributed by atoms with Crippen LogP contribution in [0.25, 0.3) is 22.5 Å². The molecule has 0 saturated carbocycles. The highest BCUT2D eigenvalue weighted by Crippen LogP contribution is 2.30.